The Balaban J connectivity index is 1.36. The predicted molar refractivity (Wildman–Crippen MR) is 157 cm³/mol. The van der Waals surface area contributed by atoms with Gasteiger partial charge in [-0.05, 0) is 63.4 Å². The molecular formula is C29H32N10O. The number of hydrogen-bond donors (Lipinski definition) is 1. The number of anilines is 3. The standard InChI is InChI=1S/C29H32N10O/c1-5-13-37-28(40)24-19-30-29(31-22-9-11-23(12-10-22)36-16-14-35(4)15-17-36)33-27(24)39(37)26-8-6-7-25(32-26)38-21(3)18-20(2)34-38/h5-12,18-19H,1,13-17H2,2-4H3,(H,30,31,33). The first-order valence-electron chi connectivity index (χ1n) is 13.3. The van der Waals surface area contributed by atoms with Gasteiger partial charge in [-0.15, -0.1) is 6.58 Å². The van der Waals surface area contributed by atoms with E-state index in [1.165, 1.54) is 5.69 Å². The van der Waals surface area contributed by atoms with Crippen LogP contribution in [0.25, 0.3) is 22.7 Å². The molecule has 0 aliphatic carbocycles. The lowest BCUT2D eigenvalue weighted by Gasteiger charge is -2.34. The predicted octanol–water partition coefficient (Wildman–Crippen LogP) is 3.46. The Morgan fingerprint density at radius 1 is 1.00 bits per heavy atom. The lowest BCUT2D eigenvalue weighted by molar-refractivity contribution is 0.313. The first-order valence-corrected chi connectivity index (χ1v) is 13.3. The van der Waals surface area contributed by atoms with E-state index >= 15 is 0 Å². The van der Waals surface area contributed by atoms with Crippen LogP contribution in [0.1, 0.15) is 11.4 Å². The highest BCUT2D eigenvalue weighted by molar-refractivity contribution is 5.77. The van der Waals surface area contributed by atoms with Gasteiger partial charge in [0.15, 0.2) is 17.3 Å². The number of benzene rings is 1. The molecule has 1 aliphatic heterocycles. The number of aryl methyl sites for hydroxylation is 2. The summed E-state index contributed by atoms with van der Waals surface area (Å²) in [7, 11) is 2.15. The Morgan fingerprint density at radius 3 is 2.45 bits per heavy atom. The fourth-order valence-corrected chi connectivity index (χ4v) is 5.07. The van der Waals surface area contributed by atoms with Gasteiger partial charge in [-0.25, -0.2) is 24.0 Å². The van der Waals surface area contributed by atoms with Crippen molar-refractivity contribution in [3.63, 3.8) is 0 Å². The van der Waals surface area contributed by atoms with Crippen LogP contribution < -0.4 is 15.8 Å². The summed E-state index contributed by atoms with van der Waals surface area (Å²) in [5.41, 5.74) is 4.17. The minimum absolute atomic E-state index is 0.212. The van der Waals surface area contributed by atoms with Gasteiger partial charge in [-0.2, -0.15) is 10.1 Å². The number of allylic oxidation sites excluding steroid dienone is 1. The smallest absolute Gasteiger partial charge is 0.278 e. The number of piperazine rings is 1. The van der Waals surface area contributed by atoms with Crippen molar-refractivity contribution >= 4 is 28.4 Å². The summed E-state index contributed by atoms with van der Waals surface area (Å²) >= 11 is 0. The molecule has 40 heavy (non-hydrogen) atoms. The maximum absolute atomic E-state index is 13.3. The van der Waals surface area contributed by atoms with E-state index in [0.29, 0.717) is 28.6 Å². The molecule has 0 spiro atoms. The topological polar surface area (TPSA) is 102 Å². The number of fused-ring (bicyclic) bond motifs is 1. The van der Waals surface area contributed by atoms with Crippen molar-refractivity contribution in [3.8, 4) is 11.6 Å². The van der Waals surface area contributed by atoms with Crippen molar-refractivity contribution in [2.24, 2.45) is 0 Å². The Labute approximate surface area is 232 Å². The average molecular weight is 537 g/mol. The van der Waals surface area contributed by atoms with Crippen molar-refractivity contribution in [1.82, 2.24) is 39.0 Å². The Kier molecular flexibility index (Phi) is 6.64. The fourth-order valence-electron chi connectivity index (χ4n) is 5.07. The summed E-state index contributed by atoms with van der Waals surface area (Å²) in [5.74, 6) is 1.58. The van der Waals surface area contributed by atoms with Gasteiger partial charge >= 0.3 is 0 Å². The lowest BCUT2D eigenvalue weighted by Crippen LogP contribution is -2.44. The van der Waals surface area contributed by atoms with E-state index in [1.54, 1.807) is 26.3 Å². The molecule has 0 bridgehead atoms. The lowest BCUT2D eigenvalue weighted by atomic mass is 10.2. The van der Waals surface area contributed by atoms with Gasteiger partial charge in [0.25, 0.3) is 5.56 Å². The van der Waals surface area contributed by atoms with Crippen LogP contribution >= 0.6 is 0 Å². The highest BCUT2D eigenvalue weighted by atomic mass is 16.1. The number of likely N-dealkylation sites (N-methyl/N-ethyl adjacent to an activating group) is 1. The number of pyridine rings is 1. The first-order chi connectivity index (χ1) is 19.4. The Hall–Kier alpha value is -4.77. The van der Waals surface area contributed by atoms with Gasteiger partial charge in [-0.3, -0.25) is 4.79 Å². The highest BCUT2D eigenvalue weighted by Crippen LogP contribution is 2.23. The van der Waals surface area contributed by atoms with E-state index in [2.05, 4.69) is 51.0 Å². The van der Waals surface area contributed by atoms with Crippen LogP contribution in [0.15, 0.2) is 72.2 Å². The molecule has 11 heteroatoms. The average Bonchev–Trinajstić information content (AvgIpc) is 3.44. The summed E-state index contributed by atoms with van der Waals surface area (Å²) in [5, 5.41) is 8.25. The van der Waals surface area contributed by atoms with E-state index in [1.807, 2.05) is 50.2 Å². The monoisotopic (exact) mass is 536 g/mol. The molecule has 0 saturated carbocycles. The molecule has 204 valence electrons. The maximum Gasteiger partial charge on any atom is 0.278 e. The minimum Gasteiger partial charge on any atom is -0.369 e. The van der Waals surface area contributed by atoms with Crippen molar-refractivity contribution in [1.29, 1.82) is 0 Å². The number of rotatable bonds is 7. The molecule has 1 fully saturated rings. The quantitative estimate of drug-likeness (QED) is 0.316. The Bertz CT molecular complexity index is 1740. The third-order valence-electron chi connectivity index (χ3n) is 7.13. The van der Waals surface area contributed by atoms with Crippen molar-refractivity contribution in [2.75, 3.05) is 43.4 Å². The molecule has 0 unspecified atom stereocenters. The summed E-state index contributed by atoms with van der Waals surface area (Å²) in [6.45, 7) is 12.2. The molecule has 1 aliphatic rings. The molecule has 5 aromatic rings. The van der Waals surface area contributed by atoms with Crippen LogP contribution in [-0.2, 0) is 6.54 Å². The second kappa shape index (κ2) is 10.4. The second-order valence-corrected chi connectivity index (χ2v) is 10.1. The van der Waals surface area contributed by atoms with Gasteiger partial charge in [0.1, 0.15) is 5.39 Å². The van der Waals surface area contributed by atoms with Crippen LogP contribution in [0.5, 0.6) is 0 Å². The first kappa shape index (κ1) is 25.5. The van der Waals surface area contributed by atoms with Crippen LogP contribution in [0.4, 0.5) is 17.3 Å². The van der Waals surface area contributed by atoms with Crippen molar-refractivity contribution < 1.29 is 0 Å². The van der Waals surface area contributed by atoms with Crippen LogP contribution in [0.2, 0.25) is 0 Å². The Morgan fingerprint density at radius 2 is 1.75 bits per heavy atom. The second-order valence-electron chi connectivity index (χ2n) is 10.1. The third-order valence-corrected chi connectivity index (χ3v) is 7.13. The molecule has 5 heterocycles. The van der Waals surface area contributed by atoms with Crippen molar-refractivity contribution in [3.05, 3.63) is 89.1 Å². The van der Waals surface area contributed by atoms with Crippen molar-refractivity contribution in [2.45, 2.75) is 20.4 Å². The van der Waals surface area contributed by atoms with E-state index in [9.17, 15) is 4.79 Å². The summed E-state index contributed by atoms with van der Waals surface area (Å²) in [6.07, 6.45) is 3.24. The molecule has 0 amide bonds. The van der Waals surface area contributed by atoms with Crippen LogP contribution in [0.3, 0.4) is 0 Å². The third kappa shape index (κ3) is 4.75. The number of nitrogens with one attached hydrogen (secondary N) is 1. The molecular weight excluding hydrogens is 504 g/mol. The minimum atomic E-state index is -0.212. The summed E-state index contributed by atoms with van der Waals surface area (Å²) in [4.78, 5) is 32.1. The van der Waals surface area contributed by atoms with Gasteiger partial charge in [-0.1, -0.05) is 12.1 Å². The molecule has 1 aromatic carbocycles. The zero-order chi connectivity index (χ0) is 27.8. The zero-order valence-electron chi connectivity index (χ0n) is 22.9. The molecule has 1 N–H and O–H groups in total. The number of nitrogens with zero attached hydrogens (tertiary/aromatic N) is 9. The van der Waals surface area contributed by atoms with E-state index < -0.39 is 0 Å². The number of aromatic nitrogens is 7. The van der Waals surface area contributed by atoms with E-state index in [4.69, 9.17) is 9.97 Å². The zero-order valence-corrected chi connectivity index (χ0v) is 22.9. The highest BCUT2D eigenvalue weighted by Gasteiger charge is 2.19. The number of hydrogen-bond acceptors (Lipinski definition) is 8. The molecule has 0 atom stereocenters. The molecule has 4 aromatic heterocycles. The molecule has 11 nitrogen and oxygen atoms in total. The van der Waals surface area contributed by atoms with E-state index in [0.717, 1.165) is 43.3 Å². The van der Waals surface area contributed by atoms with Gasteiger partial charge in [0.2, 0.25) is 5.95 Å². The normalized spacial score (nSPS) is 14.1. The maximum atomic E-state index is 13.3. The molecule has 0 radical (unpaired) electrons. The van der Waals surface area contributed by atoms with Gasteiger partial charge in [0, 0.05) is 49.4 Å². The van der Waals surface area contributed by atoms with Crippen LogP contribution in [0, 0.1) is 13.8 Å². The van der Waals surface area contributed by atoms with Gasteiger partial charge in [0.05, 0.1) is 12.2 Å². The largest absolute Gasteiger partial charge is 0.369 e. The molecule has 6 rings (SSSR count). The molecule has 1 saturated heterocycles. The fraction of sp³-hybridized carbons (Fsp3) is 0.276. The summed E-state index contributed by atoms with van der Waals surface area (Å²) < 4.78 is 5.07. The SMILES string of the molecule is C=CCn1c(=O)c2cnc(Nc3ccc(N4CCN(C)CC4)cc3)nc2n1-c1cccc(-n2nc(C)cc2C)n1. The summed E-state index contributed by atoms with van der Waals surface area (Å²) in [6, 6.07) is 15.9. The van der Waals surface area contributed by atoms with Gasteiger partial charge < -0.3 is 15.1 Å². The van der Waals surface area contributed by atoms with E-state index in [-0.39, 0.29) is 12.1 Å². The van der Waals surface area contributed by atoms with Crippen LogP contribution in [-0.4, -0.2) is 72.2 Å².